The Morgan fingerprint density at radius 3 is 1.86 bits per heavy atom. The lowest BCUT2D eigenvalue weighted by Crippen LogP contribution is -2.30. The molecule has 168 valence electrons. The van der Waals surface area contributed by atoms with Crippen molar-refractivity contribution in [2.45, 2.75) is 24.5 Å². The first-order chi connectivity index (χ1) is 12.8. The molecule has 0 N–H and O–H groups in total. The van der Waals surface area contributed by atoms with Gasteiger partial charge in [-0.05, 0) is 6.92 Å². The first kappa shape index (κ1) is 26.9. The van der Waals surface area contributed by atoms with E-state index >= 15 is 0 Å². The third-order valence-corrected chi connectivity index (χ3v) is 5.28. The molecule has 0 atom stereocenters. The van der Waals surface area contributed by atoms with Crippen molar-refractivity contribution < 1.29 is 57.3 Å². The molecule has 17 heteroatoms. The zero-order valence-electron chi connectivity index (χ0n) is 14.7. The second-order valence-electron chi connectivity index (χ2n) is 5.15. The Morgan fingerprint density at radius 2 is 1.55 bits per heavy atom. The number of alkyl halides is 6. The van der Waals surface area contributed by atoms with Gasteiger partial charge in [-0.1, -0.05) is 6.58 Å². The normalized spacial score (nSPS) is 12.7. The molecule has 0 saturated carbocycles. The molecule has 9 nitrogen and oxygen atoms in total. The lowest BCUT2D eigenvalue weighted by atomic mass is 10.4. The quantitative estimate of drug-likeness (QED) is 0.266. The molecular weight excluding hydrogens is 460 g/mol. The number of esters is 1. The summed E-state index contributed by atoms with van der Waals surface area (Å²) < 4.78 is 118. The lowest BCUT2D eigenvalue weighted by Gasteiger charge is -2.22. The minimum atomic E-state index is -6.72. The maximum absolute atomic E-state index is 11.4. The van der Waals surface area contributed by atoms with E-state index in [2.05, 4.69) is 6.58 Å². The fourth-order valence-corrected chi connectivity index (χ4v) is 2.92. The molecule has 1 heterocycles. The van der Waals surface area contributed by atoms with Crippen LogP contribution in [0, 0.1) is 0 Å². The molecule has 0 amide bonds. The SMILES string of the molecule is C=C(C)C(=O)OCCn1cc[n+](C)c1.O=S(=O)([N-]S(=O)(=O)C(F)(F)F)C(F)(F)F. The largest absolute Gasteiger partial charge is 0.480 e. The molecule has 1 rings (SSSR count). The number of carbonyl (C=O) groups excluding carboxylic acids is 1. The van der Waals surface area contributed by atoms with Crippen LogP contribution in [0.15, 0.2) is 30.9 Å². The highest BCUT2D eigenvalue weighted by atomic mass is 32.3. The van der Waals surface area contributed by atoms with E-state index in [-0.39, 0.29) is 5.97 Å². The van der Waals surface area contributed by atoms with Crippen LogP contribution >= 0.6 is 0 Å². The Kier molecular flexibility index (Phi) is 8.87. The van der Waals surface area contributed by atoms with E-state index in [4.69, 9.17) is 4.74 Å². The van der Waals surface area contributed by atoms with Crippen LogP contribution < -0.4 is 4.57 Å². The fourth-order valence-electron chi connectivity index (χ4n) is 1.21. The van der Waals surface area contributed by atoms with Crippen LogP contribution in [0.25, 0.3) is 4.13 Å². The van der Waals surface area contributed by atoms with E-state index in [1.807, 2.05) is 34.9 Å². The zero-order chi connectivity index (χ0) is 23.3. The van der Waals surface area contributed by atoms with Gasteiger partial charge in [-0.15, -0.1) is 0 Å². The van der Waals surface area contributed by atoms with Gasteiger partial charge in [-0.2, -0.15) is 26.3 Å². The highest BCUT2D eigenvalue weighted by molar-refractivity contribution is 8.13. The van der Waals surface area contributed by atoms with E-state index in [1.54, 1.807) is 6.92 Å². The van der Waals surface area contributed by atoms with Crippen molar-refractivity contribution in [3.05, 3.63) is 35.0 Å². The van der Waals surface area contributed by atoms with E-state index in [0.29, 0.717) is 18.7 Å². The number of nitrogens with zero attached hydrogens (tertiary/aromatic N) is 3. The molecule has 0 unspecified atom stereocenters. The smallest absolute Gasteiger partial charge is 0.458 e. The van der Waals surface area contributed by atoms with Crippen molar-refractivity contribution in [3.63, 3.8) is 0 Å². The molecule has 0 fully saturated rings. The molecule has 1 aromatic heterocycles. The summed E-state index contributed by atoms with van der Waals surface area (Å²) in [5.41, 5.74) is -12.0. The van der Waals surface area contributed by atoms with Gasteiger partial charge in [-0.25, -0.2) is 30.8 Å². The van der Waals surface area contributed by atoms with Crippen molar-refractivity contribution >= 4 is 26.0 Å². The summed E-state index contributed by atoms with van der Waals surface area (Å²) in [6.45, 7) is 6.18. The third-order valence-electron chi connectivity index (χ3n) is 2.54. The molecular formula is C12H15F6N3O6S2. The van der Waals surface area contributed by atoms with Crippen molar-refractivity contribution in [2.24, 2.45) is 7.05 Å². The Labute approximate surface area is 161 Å². The van der Waals surface area contributed by atoms with Gasteiger partial charge >= 0.3 is 17.0 Å². The Hall–Kier alpha value is -2.14. The van der Waals surface area contributed by atoms with Crippen LogP contribution in [-0.4, -0.2) is 45.0 Å². The van der Waals surface area contributed by atoms with Gasteiger partial charge in [0.1, 0.15) is 25.5 Å². The number of carbonyl (C=O) groups is 1. The lowest BCUT2D eigenvalue weighted by molar-refractivity contribution is -0.671. The Bertz CT molecular complexity index is 892. The molecule has 29 heavy (non-hydrogen) atoms. The molecule has 0 aliphatic heterocycles. The topological polar surface area (TPSA) is 117 Å². The summed E-state index contributed by atoms with van der Waals surface area (Å²) in [5, 5.41) is 0. The van der Waals surface area contributed by atoms with E-state index < -0.39 is 31.1 Å². The maximum atomic E-state index is 11.4. The van der Waals surface area contributed by atoms with Crippen LogP contribution in [0.3, 0.4) is 0 Å². The summed E-state index contributed by atoms with van der Waals surface area (Å²) in [7, 11) is -11.5. The second kappa shape index (κ2) is 9.57. The number of halogens is 6. The molecule has 0 aliphatic carbocycles. The number of sulfonamides is 2. The molecule has 0 aliphatic rings. The van der Waals surface area contributed by atoms with Gasteiger partial charge in [0, 0.05) is 5.57 Å². The first-order valence-corrected chi connectivity index (χ1v) is 9.88. The number of hydrogen-bond acceptors (Lipinski definition) is 6. The molecule has 1 aromatic rings. The number of hydrogen-bond donors (Lipinski definition) is 0. The predicted molar refractivity (Wildman–Crippen MR) is 84.7 cm³/mol. The Balaban J connectivity index is 0.000000541. The van der Waals surface area contributed by atoms with Crippen molar-refractivity contribution in [1.29, 1.82) is 0 Å². The fraction of sp³-hybridized carbons (Fsp3) is 0.500. The van der Waals surface area contributed by atoms with Gasteiger partial charge in [0.25, 0.3) is 0 Å². The zero-order valence-corrected chi connectivity index (χ0v) is 16.4. The highest BCUT2D eigenvalue weighted by Crippen LogP contribution is 2.36. The Morgan fingerprint density at radius 1 is 1.10 bits per heavy atom. The monoisotopic (exact) mass is 475 g/mol. The van der Waals surface area contributed by atoms with Crippen LogP contribution in [0.4, 0.5) is 26.3 Å². The van der Waals surface area contributed by atoms with Gasteiger partial charge < -0.3 is 8.86 Å². The molecule has 0 saturated heterocycles. The van der Waals surface area contributed by atoms with Crippen LogP contribution in [0.2, 0.25) is 0 Å². The predicted octanol–water partition coefficient (Wildman–Crippen LogP) is 1.49. The number of aryl methyl sites for hydroxylation is 1. The van der Waals surface area contributed by atoms with Crippen molar-refractivity contribution in [2.75, 3.05) is 6.61 Å². The van der Waals surface area contributed by atoms with Gasteiger partial charge in [0.2, 0.25) is 6.33 Å². The summed E-state index contributed by atoms with van der Waals surface area (Å²) >= 11 is 0. The molecule has 0 spiro atoms. The summed E-state index contributed by atoms with van der Waals surface area (Å²) in [6, 6.07) is 0. The van der Waals surface area contributed by atoms with E-state index in [1.165, 1.54) is 0 Å². The van der Waals surface area contributed by atoms with Crippen LogP contribution in [0.1, 0.15) is 6.92 Å². The number of imidazole rings is 1. The summed E-state index contributed by atoms with van der Waals surface area (Å²) in [6.07, 6.45) is 5.78. The molecule has 0 bridgehead atoms. The van der Waals surface area contributed by atoms with E-state index in [0.717, 1.165) is 4.13 Å². The average molecular weight is 475 g/mol. The molecule has 0 aromatic carbocycles. The standard InChI is InChI=1S/C10H15N2O2.C2F6NO4S2/c1-9(2)10(13)14-7-6-12-5-4-11(3)8-12;3-1(4,5)14(10,11)9-15(12,13)2(6,7)8/h4-5,8H,1,6-7H2,2-3H3;/q+1;-1. The number of ether oxygens (including phenoxy) is 1. The maximum Gasteiger partial charge on any atom is 0.480 e. The summed E-state index contributed by atoms with van der Waals surface area (Å²) in [5.74, 6) is -0.332. The first-order valence-electron chi connectivity index (χ1n) is 7.00. The second-order valence-corrected chi connectivity index (χ2v) is 8.57. The minimum Gasteiger partial charge on any atom is -0.458 e. The van der Waals surface area contributed by atoms with E-state index in [9.17, 15) is 48.0 Å². The van der Waals surface area contributed by atoms with Crippen molar-refractivity contribution in [3.8, 4) is 0 Å². The van der Waals surface area contributed by atoms with Gasteiger partial charge in [-0.3, -0.25) is 0 Å². The average Bonchev–Trinajstić information content (AvgIpc) is 2.89. The van der Waals surface area contributed by atoms with Crippen molar-refractivity contribution in [1.82, 2.24) is 4.57 Å². The minimum absolute atomic E-state index is 0.332. The van der Waals surface area contributed by atoms with Crippen LogP contribution in [0.5, 0.6) is 0 Å². The van der Waals surface area contributed by atoms with Crippen LogP contribution in [-0.2, 0) is 43.2 Å². The molecule has 0 radical (unpaired) electrons. The highest BCUT2D eigenvalue weighted by Gasteiger charge is 2.46. The number of aromatic nitrogens is 2. The third kappa shape index (κ3) is 8.82. The summed E-state index contributed by atoms with van der Waals surface area (Å²) in [4.78, 5) is 11.0. The van der Waals surface area contributed by atoms with Gasteiger partial charge in [0.15, 0.2) is 20.0 Å². The number of rotatable bonds is 6. The van der Waals surface area contributed by atoms with Gasteiger partial charge in [0.05, 0.1) is 7.05 Å².